The number of benzene rings is 1. The standard InChI is InChI=1S/C16H17FN2O4S2/c1-2-18-15(20)16(21)19-10-13(11-5-7-12(17)8-6-11)25(22,23)14-4-3-9-24-14/h3-9,13H,2,10H2,1H3,(H,18,20)(H,19,21)/t13-/m0/s1. The molecule has 0 aliphatic carbocycles. The lowest BCUT2D eigenvalue weighted by Crippen LogP contribution is -2.42. The van der Waals surface area contributed by atoms with E-state index in [1.807, 2.05) is 0 Å². The lowest BCUT2D eigenvalue weighted by atomic mass is 10.1. The summed E-state index contributed by atoms with van der Waals surface area (Å²) in [5, 5.41) is 5.16. The lowest BCUT2D eigenvalue weighted by Gasteiger charge is -2.18. The van der Waals surface area contributed by atoms with Crippen molar-refractivity contribution in [1.82, 2.24) is 10.6 Å². The molecule has 2 amide bonds. The second kappa shape index (κ2) is 8.21. The van der Waals surface area contributed by atoms with Crippen LogP contribution in [0.25, 0.3) is 0 Å². The van der Waals surface area contributed by atoms with Crippen molar-refractivity contribution in [2.24, 2.45) is 0 Å². The molecule has 0 unspecified atom stereocenters. The monoisotopic (exact) mass is 384 g/mol. The van der Waals surface area contributed by atoms with Crippen molar-refractivity contribution in [2.75, 3.05) is 13.1 Å². The minimum atomic E-state index is -3.81. The topological polar surface area (TPSA) is 92.3 Å². The number of hydrogen-bond acceptors (Lipinski definition) is 5. The van der Waals surface area contributed by atoms with Gasteiger partial charge in [0, 0.05) is 13.1 Å². The highest BCUT2D eigenvalue weighted by Gasteiger charge is 2.31. The van der Waals surface area contributed by atoms with Crippen LogP contribution in [0.3, 0.4) is 0 Å². The first-order valence-electron chi connectivity index (χ1n) is 7.45. The Morgan fingerprint density at radius 2 is 1.76 bits per heavy atom. The SMILES string of the molecule is CCNC(=O)C(=O)NC[C@@H](c1ccc(F)cc1)S(=O)(=O)c1cccs1. The van der Waals surface area contributed by atoms with Gasteiger partial charge in [0.25, 0.3) is 0 Å². The number of amides is 2. The summed E-state index contributed by atoms with van der Waals surface area (Å²) in [6.07, 6.45) is 0. The fraction of sp³-hybridized carbons (Fsp3) is 0.250. The third-order valence-corrected chi connectivity index (χ3v) is 6.92. The largest absolute Gasteiger partial charge is 0.348 e. The number of hydrogen-bond donors (Lipinski definition) is 2. The van der Waals surface area contributed by atoms with Crippen LogP contribution in [0.15, 0.2) is 46.0 Å². The van der Waals surface area contributed by atoms with Crippen molar-refractivity contribution in [2.45, 2.75) is 16.4 Å². The highest BCUT2D eigenvalue weighted by molar-refractivity contribution is 7.93. The van der Waals surface area contributed by atoms with Crippen LogP contribution in [0.1, 0.15) is 17.7 Å². The highest BCUT2D eigenvalue weighted by Crippen LogP contribution is 2.31. The Labute approximate surface area is 149 Å². The normalized spacial score (nSPS) is 12.4. The highest BCUT2D eigenvalue weighted by atomic mass is 32.2. The molecule has 1 aromatic heterocycles. The van der Waals surface area contributed by atoms with E-state index in [4.69, 9.17) is 0 Å². The van der Waals surface area contributed by atoms with Crippen LogP contribution in [0.5, 0.6) is 0 Å². The maximum atomic E-state index is 13.2. The number of nitrogens with one attached hydrogen (secondary N) is 2. The molecule has 2 aromatic rings. The molecule has 9 heteroatoms. The van der Waals surface area contributed by atoms with E-state index in [0.29, 0.717) is 5.56 Å². The number of carbonyl (C=O) groups is 2. The van der Waals surface area contributed by atoms with Crippen LogP contribution in [-0.2, 0) is 19.4 Å². The van der Waals surface area contributed by atoms with E-state index in [-0.39, 0.29) is 17.3 Å². The number of likely N-dealkylation sites (N-methyl/N-ethyl adjacent to an activating group) is 1. The predicted octanol–water partition coefficient (Wildman–Crippen LogP) is 1.65. The molecule has 0 aliphatic rings. The molecule has 0 radical (unpaired) electrons. The summed E-state index contributed by atoms with van der Waals surface area (Å²) in [5.74, 6) is -2.26. The minimum absolute atomic E-state index is 0.133. The van der Waals surface area contributed by atoms with Gasteiger partial charge < -0.3 is 10.6 Å². The summed E-state index contributed by atoms with van der Waals surface area (Å²) in [6.45, 7) is 1.64. The maximum absolute atomic E-state index is 13.2. The number of rotatable bonds is 6. The number of sulfone groups is 1. The van der Waals surface area contributed by atoms with Gasteiger partial charge in [-0.1, -0.05) is 18.2 Å². The van der Waals surface area contributed by atoms with Crippen molar-refractivity contribution in [3.05, 3.63) is 53.2 Å². The molecule has 6 nitrogen and oxygen atoms in total. The maximum Gasteiger partial charge on any atom is 0.309 e. The van der Waals surface area contributed by atoms with Crippen molar-refractivity contribution in [3.8, 4) is 0 Å². The van der Waals surface area contributed by atoms with Crippen LogP contribution >= 0.6 is 11.3 Å². The van der Waals surface area contributed by atoms with Crippen molar-refractivity contribution in [1.29, 1.82) is 0 Å². The van der Waals surface area contributed by atoms with Gasteiger partial charge in [-0.05, 0) is 36.1 Å². The second-order valence-corrected chi connectivity index (χ2v) is 8.39. The fourth-order valence-electron chi connectivity index (χ4n) is 2.16. The Bertz CT molecular complexity index is 834. The molecular formula is C16H17FN2O4S2. The lowest BCUT2D eigenvalue weighted by molar-refractivity contribution is -0.139. The molecule has 1 heterocycles. The zero-order valence-electron chi connectivity index (χ0n) is 13.4. The fourth-order valence-corrected chi connectivity index (χ4v) is 5.02. The molecule has 0 saturated carbocycles. The van der Waals surface area contributed by atoms with E-state index in [9.17, 15) is 22.4 Å². The van der Waals surface area contributed by atoms with Gasteiger partial charge in [0.15, 0.2) is 9.84 Å². The molecule has 1 atom stereocenters. The van der Waals surface area contributed by atoms with Crippen LogP contribution in [0.2, 0.25) is 0 Å². The smallest absolute Gasteiger partial charge is 0.309 e. The van der Waals surface area contributed by atoms with Gasteiger partial charge in [-0.3, -0.25) is 9.59 Å². The molecule has 0 fully saturated rings. The number of carbonyl (C=O) groups excluding carboxylic acids is 2. The van der Waals surface area contributed by atoms with Crippen LogP contribution < -0.4 is 10.6 Å². The van der Waals surface area contributed by atoms with E-state index in [0.717, 1.165) is 23.5 Å². The first kappa shape index (κ1) is 19.1. The molecule has 2 rings (SSSR count). The molecule has 0 spiro atoms. The van der Waals surface area contributed by atoms with Crippen LogP contribution in [0.4, 0.5) is 4.39 Å². The van der Waals surface area contributed by atoms with Gasteiger partial charge in [-0.15, -0.1) is 11.3 Å². The first-order chi connectivity index (χ1) is 11.9. The summed E-state index contributed by atoms with van der Waals surface area (Å²) in [5.41, 5.74) is 0.325. The summed E-state index contributed by atoms with van der Waals surface area (Å²) in [4.78, 5) is 23.3. The average Bonchev–Trinajstić information content (AvgIpc) is 3.12. The summed E-state index contributed by atoms with van der Waals surface area (Å²) in [6, 6.07) is 8.07. The molecule has 1 aromatic carbocycles. The number of halogens is 1. The van der Waals surface area contributed by atoms with E-state index in [1.54, 1.807) is 18.4 Å². The van der Waals surface area contributed by atoms with Gasteiger partial charge in [-0.25, -0.2) is 12.8 Å². The van der Waals surface area contributed by atoms with Crippen LogP contribution in [-0.4, -0.2) is 33.3 Å². The molecule has 25 heavy (non-hydrogen) atoms. The van der Waals surface area contributed by atoms with Crippen LogP contribution in [0, 0.1) is 5.82 Å². The van der Waals surface area contributed by atoms with E-state index < -0.39 is 32.7 Å². The average molecular weight is 384 g/mol. The van der Waals surface area contributed by atoms with Gasteiger partial charge >= 0.3 is 11.8 Å². The quantitative estimate of drug-likeness (QED) is 0.741. The van der Waals surface area contributed by atoms with E-state index in [1.165, 1.54) is 18.2 Å². The Hall–Kier alpha value is -2.26. The van der Waals surface area contributed by atoms with Gasteiger partial charge in [0.05, 0.1) is 0 Å². The van der Waals surface area contributed by atoms with E-state index >= 15 is 0 Å². The van der Waals surface area contributed by atoms with E-state index in [2.05, 4.69) is 10.6 Å². The summed E-state index contributed by atoms with van der Waals surface area (Å²) >= 11 is 1.05. The zero-order chi connectivity index (χ0) is 18.4. The van der Waals surface area contributed by atoms with Crippen molar-refractivity contribution >= 4 is 33.0 Å². The predicted molar refractivity (Wildman–Crippen MR) is 92.3 cm³/mol. The van der Waals surface area contributed by atoms with Gasteiger partial charge in [0.2, 0.25) is 0 Å². The van der Waals surface area contributed by atoms with Gasteiger partial charge in [-0.2, -0.15) is 0 Å². The zero-order valence-corrected chi connectivity index (χ0v) is 15.0. The van der Waals surface area contributed by atoms with Gasteiger partial charge in [0.1, 0.15) is 15.3 Å². The third kappa shape index (κ3) is 4.64. The summed E-state index contributed by atoms with van der Waals surface area (Å²) < 4.78 is 39.0. The van der Waals surface area contributed by atoms with Crippen molar-refractivity contribution in [3.63, 3.8) is 0 Å². The third-order valence-electron chi connectivity index (χ3n) is 3.38. The molecule has 0 aliphatic heterocycles. The molecule has 2 N–H and O–H groups in total. The Balaban J connectivity index is 2.29. The Morgan fingerprint density at radius 1 is 1.12 bits per heavy atom. The Morgan fingerprint density at radius 3 is 2.32 bits per heavy atom. The molecule has 0 saturated heterocycles. The molecule has 134 valence electrons. The molecule has 0 bridgehead atoms. The second-order valence-electron chi connectivity index (χ2n) is 5.09. The first-order valence-corrected chi connectivity index (χ1v) is 9.87. The minimum Gasteiger partial charge on any atom is -0.348 e. The number of thiophene rings is 1. The van der Waals surface area contributed by atoms with Crippen molar-refractivity contribution < 1.29 is 22.4 Å². The summed E-state index contributed by atoms with van der Waals surface area (Å²) in [7, 11) is -3.81. The Kier molecular flexibility index (Phi) is 6.27. The molecular weight excluding hydrogens is 367 g/mol.